The van der Waals surface area contributed by atoms with Crippen molar-refractivity contribution in [1.82, 2.24) is 20.4 Å². The summed E-state index contributed by atoms with van der Waals surface area (Å²) in [5.74, 6) is 3.81. The van der Waals surface area contributed by atoms with Gasteiger partial charge in [0.1, 0.15) is 0 Å². The van der Waals surface area contributed by atoms with Crippen molar-refractivity contribution >= 4 is 11.8 Å². The normalized spacial score (nSPS) is 22.3. The Balaban J connectivity index is 1.85. The zero-order valence-corrected chi connectivity index (χ0v) is 12.5. The van der Waals surface area contributed by atoms with Crippen molar-refractivity contribution in [3.05, 3.63) is 29.9 Å². The number of aryl methyl sites for hydroxylation is 1. The van der Waals surface area contributed by atoms with E-state index in [4.69, 9.17) is 4.52 Å². The first-order valence-electron chi connectivity index (χ1n) is 6.85. The molecular formula is C14H18N4OS. The molecule has 1 N–H and O–H groups in total. The Kier molecular flexibility index (Phi) is 4.03. The molecule has 0 aromatic carbocycles. The van der Waals surface area contributed by atoms with E-state index in [0.717, 1.165) is 35.1 Å². The highest BCUT2D eigenvalue weighted by molar-refractivity contribution is 7.99. The maximum atomic E-state index is 5.49. The van der Waals surface area contributed by atoms with E-state index < -0.39 is 0 Å². The first-order chi connectivity index (χ1) is 9.79. The molecule has 0 spiro atoms. The largest absolute Gasteiger partial charge is 0.339 e. The Labute approximate surface area is 122 Å². The van der Waals surface area contributed by atoms with Crippen molar-refractivity contribution in [3.8, 4) is 11.4 Å². The van der Waals surface area contributed by atoms with Crippen LogP contribution in [0.15, 0.2) is 23.0 Å². The molecule has 2 atom stereocenters. The molecule has 20 heavy (non-hydrogen) atoms. The number of aromatic nitrogens is 3. The van der Waals surface area contributed by atoms with Gasteiger partial charge in [0.25, 0.3) is 0 Å². The molecule has 106 valence electrons. The van der Waals surface area contributed by atoms with Gasteiger partial charge in [-0.25, -0.2) is 0 Å². The summed E-state index contributed by atoms with van der Waals surface area (Å²) in [6.45, 7) is 5.11. The number of rotatable bonds is 4. The van der Waals surface area contributed by atoms with E-state index in [0.29, 0.717) is 17.8 Å². The predicted molar refractivity (Wildman–Crippen MR) is 79.8 cm³/mol. The average Bonchev–Trinajstić information content (AvgIpc) is 3.08. The number of hydrogen-bond acceptors (Lipinski definition) is 6. The van der Waals surface area contributed by atoms with Crippen LogP contribution in [0.2, 0.25) is 0 Å². The highest BCUT2D eigenvalue weighted by Crippen LogP contribution is 2.33. The van der Waals surface area contributed by atoms with Crippen molar-refractivity contribution in [2.24, 2.45) is 0 Å². The van der Waals surface area contributed by atoms with E-state index in [-0.39, 0.29) is 0 Å². The van der Waals surface area contributed by atoms with Gasteiger partial charge in [-0.3, -0.25) is 4.98 Å². The Hall–Kier alpha value is -1.40. The van der Waals surface area contributed by atoms with Crippen molar-refractivity contribution in [2.75, 3.05) is 18.1 Å². The lowest BCUT2D eigenvalue weighted by Crippen LogP contribution is -2.34. The Morgan fingerprint density at radius 2 is 2.35 bits per heavy atom. The highest BCUT2D eigenvalue weighted by atomic mass is 32.2. The van der Waals surface area contributed by atoms with Crippen molar-refractivity contribution in [1.29, 1.82) is 0 Å². The second-order valence-corrected chi connectivity index (χ2v) is 6.03. The van der Waals surface area contributed by atoms with Gasteiger partial charge in [-0.15, -0.1) is 0 Å². The number of thioether (sulfide) groups is 1. The van der Waals surface area contributed by atoms with Gasteiger partial charge in [-0.2, -0.15) is 16.7 Å². The number of nitrogens with one attached hydrogen (secondary N) is 1. The van der Waals surface area contributed by atoms with E-state index in [1.165, 1.54) is 0 Å². The topological polar surface area (TPSA) is 63.8 Å². The second-order valence-electron chi connectivity index (χ2n) is 4.95. The third-order valence-corrected chi connectivity index (χ3v) is 4.78. The van der Waals surface area contributed by atoms with E-state index in [2.05, 4.69) is 27.4 Å². The van der Waals surface area contributed by atoms with Crippen LogP contribution < -0.4 is 5.32 Å². The van der Waals surface area contributed by atoms with Crippen LogP contribution >= 0.6 is 11.8 Å². The monoisotopic (exact) mass is 290 g/mol. The summed E-state index contributed by atoms with van der Waals surface area (Å²) in [5.41, 5.74) is 2.05. The van der Waals surface area contributed by atoms with E-state index in [9.17, 15) is 0 Å². The minimum absolute atomic E-state index is 0.304. The van der Waals surface area contributed by atoms with Crippen molar-refractivity contribution in [2.45, 2.75) is 25.8 Å². The van der Waals surface area contributed by atoms with Gasteiger partial charge in [-0.1, -0.05) is 12.1 Å². The molecular weight excluding hydrogens is 272 g/mol. The molecule has 5 nitrogen and oxygen atoms in total. The number of pyridine rings is 1. The van der Waals surface area contributed by atoms with Crippen LogP contribution in [0.4, 0.5) is 0 Å². The summed E-state index contributed by atoms with van der Waals surface area (Å²) in [7, 11) is 0. The van der Waals surface area contributed by atoms with Crippen LogP contribution in [-0.4, -0.2) is 39.2 Å². The lowest BCUT2D eigenvalue weighted by molar-refractivity contribution is 0.340. The zero-order chi connectivity index (χ0) is 13.9. The lowest BCUT2D eigenvalue weighted by atomic mass is 10.0. The second kappa shape index (κ2) is 5.93. The van der Waals surface area contributed by atoms with Crippen LogP contribution in [-0.2, 0) is 0 Å². The molecule has 1 saturated heterocycles. The number of likely N-dealkylation sites (N-methyl/N-ethyl adjacent to an activating group) is 1. The van der Waals surface area contributed by atoms with E-state index in [1.807, 2.05) is 24.8 Å². The summed E-state index contributed by atoms with van der Waals surface area (Å²) < 4.78 is 5.49. The van der Waals surface area contributed by atoms with Crippen LogP contribution in [0.5, 0.6) is 0 Å². The molecule has 1 fully saturated rings. The summed E-state index contributed by atoms with van der Waals surface area (Å²) >= 11 is 1.93. The molecule has 2 aromatic heterocycles. The van der Waals surface area contributed by atoms with Crippen molar-refractivity contribution < 1.29 is 4.52 Å². The van der Waals surface area contributed by atoms with E-state index >= 15 is 0 Å². The van der Waals surface area contributed by atoms with Crippen molar-refractivity contribution in [3.63, 3.8) is 0 Å². The predicted octanol–water partition coefficient (Wildman–Crippen LogP) is 2.25. The van der Waals surface area contributed by atoms with Gasteiger partial charge in [-0.05, 0) is 25.1 Å². The maximum Gasteiger partial charge on any atom is 0.232 e. The maximum absolute atomic E-state index is 5.49. The van der Waals surface area contributed by atoms with Crippen LogP contribution in [0, 0.1) is 6.92 Å². The Morgan fingerprint density at radius 3 is 3.15 bits per heavy atom. The van der Waals surface area contributed by atoms with Crippen LogP contribution in [0.3, 0.4) is 0 Å². The molecule has 0 radical (unpaired) electrons. The smallest absolute Gasteiger partial charge is 0.232 e. The first kappa shape index (κ1) is 13.6. The molecule has 6 heteroatoms. The summed E-state index contributed by atoms with van der Waals surface area (Å²) in [6, 6.07) is 2.38. The Morgan fingerprint density at radius 1 is 1.45 bits per heavy atom. The summed E-state index contributed by atoms with van der Waals surface area (Å²) in [6.07, 6.45) is 3.56. The van der Waals surface area contributed by atoms with Crippen LogP contribution in [0.1, 0.15) is 24.3 Å². The molecule has 0 aliphatic carbocycles. The molecule has 0 amide bonds. The van der Waals surface area contributed by atoms with E-state index in [1.54, 1.807) is 12.4 Å². The fraction of sp³-hybridized carbons (Fsp3) is 0.500. The van der Waals surface area contributed by atoms with Gasteiger partial charge >= 0.3 is 0 Å². The lowest BCUT2D eigenvalue weighted by Gasteiger charge is -2.15. The Bertz CT molecular complexity index is 586. The minimum atomic E-state index is 0.304. The molecule has 3 heterocycles. The minimum Gasteiger partial charge on any atom is -0.339 e. The third-order valence-electron chi connectivity index (χ3n) is 3.59. The number of nitrogens with zero attached hydrogens (tertiary/aromatic N) is 3. The van der Waals surface area contributed by atoms with Gasteiger partial charge < -0.3 is 9.84 Å². The van der Waals surface area contributed by atoms with Gasteiger partial charge in [0.2, 0.25) is 11.7 Å². The molecule has 1 aliphatic rings. The molecule has 0 saturated carbocycles. The molecule has 3 rings (SSSR count). The fourth-order valence-electron chi connectivity index (χ4n) is 2.45. The fourth-order valence-corrected chi connectivity index (χ4v) is 3.82. The quantitative estimate of drug-likeness (QED) is 0.931. The number of hydrogen-bond donors (Lipinski definition) is 1. The molecule has 1 aliphatic heterocycles. The molecule has 0 bridgehead atoms. The third kappa shape index (κ3) is 2.58. The van der Waals surface area contributed by atoms with Gasteiger partial charge in [0, 0.05) is 35.5 Å². The molecule has 2 unspecified atom stereocenters. The van der Waals surface area contributed by atoms with Crippen LogP contribution in [0.25, 0.3) is 11.4 Å². The SMILES string of the molecule is CCNC1CSCC1c1nc(-c2cnccc2C)no1. The highest BCUT2D eigenvalue weighted by Gasteiger charge is 2.33. The standard InChI is InChI=1S/C14H18N4OS/c1-3-16-12-8-20-7-11(12)14-17-13(18-19-14)10-6-15-5-4-9(10)2/h4-6,11-12,16H,3,7-8H2,1-2H3. The summed E-state index contributed by atoms with van der Waals surface area (Å²) in [5, 5.41) is 7.62. The zero-order valence-electron chi connectivity index (χ0n) is 11.7. The van der Waals surface area contributed by atoms with Gasteiger partial charge in [0.05, 0.1) is 5.92 Å². The average molecular weight is 290 g/mol. The van der Waals surface area contributed by atoms with Gasteiger partial charge in [0.15, 0.2) is 0 Å². The molecule has 2 aromatic rings. The first-order valence-corrected chi connectivity index (χ1v) is 8.00. The summed E-state index contributed by atoms with van der Waals surface area (Å²) in [4.78, 5) is 8.72.